The van der Waals surface area contributed by atoms with Crippen molar-refractivity contribution in [2.24, 2.45) is 0 Å². The molecule has 0 aliphatic heterocycles. The summed E-state index contributed by atoms with van der Waals surface area (Å²) in [4.78, 5) is 27.2. The van der Waals surface area contributed by atoms with E-state index < -0.39 is 0 Å². The highest BCUT2D eigenvalue weighted by Gasteiger charge is 2.20. The highest BCUT2D eigenvalue weighted by Crippen LogP contribution is 2.18. The van der Waals surface area contributed by atoms with Gasteiger partial charge in [-0.3, -0.25) is 9.59 Å². The third-order valence-corrected chi connectivity index (χ3v) is 4.95. The van der Waals surface area contributed by atoms with E-state index >= 15 is 0 Å². The van der Waals surface area contributed by atoms with Crippen LogP contribution < -0.4 is 5.32 Å². The normalized spacial score (nSPS) is 14.2. The molecule has 0 unspecified atom stereocenters. The van der Waals surface area contributed by atoms with Gasteiger partial charge in [0.25, 0.3) is 11.8 Å². The van der Waals surface area contributed by atoms with Crippen molar-refractivity contribution >= 4 is 11.8 Å². The van der Waals surface area contributed by atoms with E-state index in [1.165, 1.54) is 12.8 Å². The van der Waals surface area contributed by atoms with Gasteiger partial charge in [0.1, 0.15) is 0 Å². The summed E-state index contributed by atoms with van der Waals surface area (Å²) in [6.07, 6.45) is 4.44. The highest BCUT2D eigenvalue weighted by atomic mass is 16.2. The van der Waals surface area contributed by atoms with Crippen molar-refractivity contribution in [2.75, 3.05) is 6.54 Å². The van der Waals surface area contributed by atoms with Crippen molar-refractivity contribution in [3.63, 3.8) is 0 Å². The van der Waals surface area contributed by atoms with Crippen LogP contribution in [0.5, 0.6) is 0 Å². The van der Waals surface area contributed by atoms with Crippen LogP contribution in [0.25, 0.3) is 0 Å². The molecule has 1 N–H and O–H groups in total. The van der Waals surface area contributed by atoms with E-state index in [0.29, 0.717) is 24.2 Å². The molecule has 2 amide bonds. The molecule has 0 spiro atoms. The first-order valence-electron chi connectivity index (χ1n) is 9.41. The van der Waals surface area contributed by atoms with Gasteiger partial charge in [0.05, 0.1) is 0 Å². The van der Waals surface area contributed by atoms with Gasteiger partial charge >= 0.3 is 0 Å². The summed E-state index contributed by atoms with van der Waals surface area (Å²) in [5, 5.41) is 3.08. The Bertz CT molecular complexity index is 752. The van der Waals surface area contributed by atoms with Crippen LogP contribution in [-0.4, -0.2) is 29.3 Å². The van der Waals surface area contributed by atoms with Crippen molar-refractivity contribution in [1.29, 1.82) is 0 Å². The smallest absolute Gasteiger partial charge is 0.254 e. The van der Waals surface area contributed by atoms with Crippen LogP contribution >= 0.6 is 0 Å². The van der Waals surface area contributed by atoms with Gasteiger partial charge in [0.2, 0.25) is 0 Å². The fourth-order valence-corrected chi connectivity index (χ4v) is 3.45. The average molecular weight is 350 g/mol. The predicted octanol–water partition coefficient (Wildman–Crippen LogP) is 4.02. The van der Waals surface area contributed by atoms with Crippen molar-refractivity contribution in [3.8, 4) is 0 Å². The van der Waals surface area contributed by atoms with Gasteiger partial charge in [-0.1, -0.05) is 49.2 Å². The second-order valence-corrected chi connectivity index (χ2v) is 6.84. The Hall–Kier alpha value is -2.62. The van der Waals surface area contributed by atoms with E-state index in [4.69, 9.17) is 0 Å². The summed E-state index contributed by atoms with van der Waals surface area (Å²) < 4.78 is 0. The topological polar surface area (TPSA) is 49.4 Å². The summed E-state index contributed by atoms with van der Waals surface area (Å²) in [7, 11) is 0. The minimum atomic E-state index is -0.0855. The molecule has 3 rings (SSSR count). The largest absolute Gasteiger partial charge is 0.349 e. The quantitative estimate of drug-likeness (QED) is 0.855. The Morgan fingerprint density at radius 2 is 1.69 bits per heavy atom. The van der Waals surface area contributed by atoms with Crippen LogP contribution in [0.2, 0.25) is 0 Å². The average Bonchev–Trinajstić information content (AvgIpc) is 3.19. The molecule has 0 saturated heterocycles. The lowest BCUT2D eigenvalue weighted by molar-refractivity contribution is 0.0752. The maximum atomic E-state index is 12.9. The lowest BCUT2D eigenvalue weighted by atomic mass is 10.1. The molecule has 1 aliphatic rings. The molecule has 136 valence electrons. The molecule has 4 heteroatoms. The molecule has 0 atom stereocenters. The van der Waals surface area contributed by atoms with Gasteiger partial charge < -0.3 is 10.2 Å². The number of amides is 2. The van der Waals surface area contributed by atoms with Crippen LogP contribution in [0.3, 0.4) is 0 Å². The van der Waals surface area contributed by atoms with Gasteiger partial charge in [-0.15, -0.1) is 0 Å². The Morgan fingerprint density at radius 3 is 2.38 bits per heavy atom. The van der Waals surface area contributed by atoms with Gasteiger partial charge in [0, 0.05) is 30.3 Å². The van der Waals surface area contributed by atoms with E-state index in [9.17, 15) is 9.59 Å². The van der Waals surface area contributed by atoms with E-state index in [-0.39, 0.29) is 17.9 Å². The maximum Gasteiger partial charge on any atom is 0.254 e. The molecule has 1 saturated carbocycles. The summed E-state index contributed by atoms with van der Waals surface area (Å²) in [6, 6.07) is 17.3. The van der Waals surface area contributed by atoms with Crippen molar-refractivity contribution < 1.29 is 9.59 Å². The third-order valence-electron chi connectivity index (χ3n) is 4.95. The number of benzene rings is 2. The summed E-state index contributed by atoms with van der Waals surface area (Å²) >= 11 is 0. The lowest BCUT2D eigenvalue weighted by Gasteiger charge is -2.21. The first-order chi connectivity index (χ1) is 12.7. The van der Waals surface area contributed by atoms with Crippen LogP contribution in [0.4, 0.5) is 0 Å². The fourth-order valence-electron chi connectivity index (χ4n) is 3.45. The van der Waals surface area contributed by atoms with E-state index in [1.807, 2.05) is 37.3 Å². The van der Waals surface area contributed by atoms with E-state index in [0.717, 1.165) is 18.4 Å². The number of carbonyl (C=O) groups excluding carboxylic acids is 2. The first kappa shape index (κ1) is 18.2. The van der Waals surface area contributed by atoms with Crippen molar-refractivity contribution in [2.45, 2.75) is 45.2 Å². The number of carbonyl (C=O) groups is 2. The molecule has 0 bridgehead atoms. The van der Waals surface area contributed by atoms with Crippen molar-refractivity contribution in [3.05, 3.63) is 71.3 Å². The SMILES string of the molecule is CCN(Cc1ccccc1)C(=O)c1cccc(C(=O)NC2CCCC2)c1. The number of nitrogens with zero attached hydrogens (tertiary/aromatic N) is 1. The van der Waals surface area contributed by atoms with Crippen LogP contribution in [-0.2, 0) is 6.54 Å². The van der Waals surface area contributed by atoms with Gasteiger partial charge in [-0.05, 0) is 43.5 Å². The first-order valence-corrected chi connectivity index (χ1v) is 9.41. The molecule has 2 aromatic carbocycles. The Labute approximate surface area is 155 Å². The molecule has 26 heavy (non-hydrogen) atoms. The number of hydrogen-bond acceptors (Lipinski definition) is 2. The number of nitrogens with one attached hydrogen (secondary N) is 1. The highest BCUT2D eigenvalue weighted by molar-refractivity contribution is 5.99. The van der Waals surface area contributed by atoms with E-state index in [2.05, 4.69) is 5.32 Å². The molecular formula is C22H26N2O2. The molecule has 0 radical (unpaired) electrons. The standard InChI is InChI=1S/C22H26N2O2/c1-2-24(16-17-9-4-3-5-10-17)22(26)19-12-8-11-18(15-19)21(25)23-20-13-6-7-14-20/h3-5,8-12,15,20H,2,6-7,13-14,16H2,1H3,(H,23,25). The van der Waals surface area contributed by atoms with Gasteiger partial charge in [-0.25, -0.2) is 0 Å². The number of rotatable bonds is 6. The second-order valence-electron chi connectivity index (χ2n) is 6.84. The zero-order valence-corrected chi connectivity index (χ0v) is 15.3. The minimum Gasteiger partial charge on any atom is -0.349 e. The Morgan fingerprint density at radius 1 is 1.00 bits per heavy atom. The lowest BCUT2D eigenvalue weighted by Crippen LogP contribution is -2.33. The molecule has 4 nitrogen and oxygen atoms in total. The second kappa shape index (κ2) is 8.65. The van der Waals surface area contributed by atoms with Crippen LogP contribution in [0, 0.1) is 0 Å². The summed E-state index contributed by atoms with van der Waals surface area (Å²) in [6.45, 7) is 3.15. The van der Waals surface area contributed by atoms with Crippen LogP contribution in [0.1, 0.15) is 58.9 Å². The van der Waals surface area contributed by atoms with Gasteiger partial charge in [0.15, 0.2) is 0 Å². The zero-order valence-electron chi connectivity index (χ0n) is 15.3. The monoisotopic (exact) mass is 350 g/mol. The Balaban J connectivity index is 1.71. The molecule has 0 heterocycles. The summed E-state index contributed by atoms with van der Waals surface area (Å²) in [5.74, 6) is -0.135. The zero-order chi connectivity index (χ0) is 18.4. The van der Waals surface area contributed by atoms with E-state index in [1.54, 1.807) is 29.2 Å². The predicted molar refractivity (Wildman–Crippen MR) is 103 cm³/mol. The fraction of sp³-hybridized carbons (Fsp3) is 0.364. The maximum absolute atomic E-state index is 12.9. The third kappa shape index (κ3) is 4.51. The molecule has 1 aliphatic carbocycles. The molecule has 2 aromatic rings. The Kier molecular flexibility index (Phi) is 6.05. The molecular weight excluding hydrogens is 324 g/mol. The number of hydrogen-bond donors (Lipinski definition) is 1. The molecule has 0 aromatic heterocycles. The van der Waals surface area contributed by atoms with Crippen molar-refractivity contribution in [1.82, 2.24) is 10.2 Å². The van der Waals surface area contributed by atoms with Gasteiger partial charge in [-0.2, -0.15) is 0 Å². The summed E-state index contributed by atoms with van der Waals surface area (Å²) in [5.41, 5.74) is 2.21. The van der Waals surface area contributed by atoms with Crippen LogP contribution in [0.15, 0.2) is 54.6 Å². The molecule has 1 fully saturated rings. The minimum absolute atomic E-state index is 0.0492.